The van der Waals surface area contributed by atoms with Gasteiger partial charge in [-0.15, -0.1) is 0 Å². The number of hydrogen-bond acceptors (Lipinski definition) is 3. The average molecular weight is 295 g/mol. The molecule has 1 N–H and O–H groups in total. The topological polar surface area (TPSA) is 39.1 Å². The number of aromatic nitrogens is 2. The van der Waals surface area contributed by atoms with Gasteiger partial charge in [0.1, 0.15) is 0 Å². The van der Waals surface area contributed by atoms with Crippen LogP contribution >= 0.6 is 0 Å². The standard InChI is InChI=1S/C17H33N3O/c1-6-11-18-16(9-8-15(4)21-5)13-17-10-12-20(19-17)14(3)7-2/h10,12,14-16,18H,6-9,11,13H2,1-5H3. The summed E-state index contributed by atoms with van der Waals surface area (Å²) >= 11 is 0. The van der Waals surface area contributed by atoms with Gasteiger partial charge in [-0.3, -0.25) is 4.68 Å². The van der Waals surface area contributed by atoms with Crippen LogP contribution in [-0.4, -0.2) is 35.6 Å². The fraction of sp³-hybridized carbons (Fsp3) is 0.824. The molecule has 0 aliphatic heterocycles. The van der Waals surface area contributed by atoms with Crippen molar-refractivity contribution in [3.63, 3.8) is 0 Å². The van der Waals surface area contributed by atoms with Gasteiger partial charge in [0.15, 0.2) is 0 Å². The molecule has 1 rings (SSSR count). The van der Waals surface area contributed by atoms with E-state index < -0.39 is 0 Å². The first kappa shape index (κ1) is 18.2. The Morgan fingerprint density at radius 2 is 2.05 bits per heavy atom. The highest BCUT2D eigenvalue weighted by atomic mass is 16.5. The fourth-order valence-corrected chi connectivity index (χ4v) is 2.35. The van der Waals surface area contributed by atoms with Gasteiger partial charge in [0, 0.05) is 31.8 Å². The van der Waals surface area contributed by atoms with Crippen LogP contribution in [0.4, 0.5) is 0 Å². The highest BCUT2D eigenvalue weighted by molar-refractivity contribution is 5.02. The van der Waals surface area contributed by atoms with Crippen molar-refractivity contribution in [1.29, 1.82) is 0 Å². The Kier molecular flexibility index (Phi) is 8.62. The largest absolute Gasteiger partial charge is 0.382 e. The molecule has 4 heteroatoms. The van der Waals surface area contributed by atoms with Gasteiger partial charge < -0.3 is 10.1 Å². The van der Waals surface area contributed by atoms with Gasteiger partial charge in [-0.1, -0.05) is 13.8 Å². The lowest BCUT2D eigenvalue weighted by Gasteiger charge is -2.19. The van der Waals surface area contributed by atoms with E-state index in [1.54, 1.807) is 7.11 Å². The summed E-state index contributed by atoms with van der Waals surface area (Å²) in [6.07, 6.45) is 7.93. The summed E-state index contributed by atoms with van der Waals surface area (Å²) in [4.78, 5) is 0. The van der Waals surface area contributed by atoms with E-state index in [-0.39, 0.29) is 0 Å². The van der Waals surface area contributed by atoms with Crippen molar-refractivity contribution in [2.24, 2.45) is 0 Å². The lowest BCUT2D eigenvalue weighted by Crippen LogP contribution is -2.33. The molecule has 0 saturated heterocycles. The summed E-state index contributed by atoms with van der Waals surface area (Å²) in [7, 11) is 1.78. The normalized spacial score (nSPS) is 15.9. The van der Waals surface area contributed by atoms with Gasteiger partial charge in [-0.25, -0.2) is 0 Å². The summed E-state index contributed by atoms with van der Waals surface area (Å²) < 4.78 is 7.45. The molecule has 3 atom stereocenters. The van der Waals surface area contributed by atoms with Crippen LogP contribution in [0, 0.1) is 0 Å². The molecule has 1 heterocycles. The molecule has 0 saturated carbocycles. The monoisotopic (exact) mass is 295 g/mol. The molecule has 0 aliphatic rings. The molecule has 0 spiro atoms. The zero-order valence-electron chi connectivity index (χ0n) is 14.4. The van der Waals surface area contributed by atoms with E-state index in [0.717, 1.165) is 38.6 Å². The maximum absolute atomic E-state index is 5.36. The second kappa shape index (κ2) is 9.96. The average Bonchev–Trinajstić information content (AvgIpc) is 2.97. The van der Waals surface area contributed by atoms with Crippen molar-refractivity contribution < 1.29 is 4.74 Å². The molecule has 0 amide bonds. The van der Waals surface area contributed by atoms with Crippen LogP contribution in [0.1, 0.15) is 65.1 Å². The van der Waals surface area contributed by atoms with E-state index in [2.05, 4.69) is 50.0 Å². The maximum Gasteiger partial charge on any atom is 0.0640 e. The summed E-state index contributed by atoms with van der Waals surface area (Å²) in [5, 5.41) is 8.37. The Morgan fingerprint density at radius 1 is 1.29 bits per heavy atom. The molecular formula is C17H33N3O. The molecule has 1 aromatic heterocycles. The number of hydrogen-bond donors (Lipinski definition) is 1. The van der Waals surface area contributed by atoms with Crippen LogP contribution in [0.5, 0.6) is 0 Å². The molecule has 0 fully saturated rings. The van der Waals surface area contributed by atoms with Crippen molar-refractivity contribution in [2.45, 2.75) is 78.0 Å². The minimum absolute atomic E-state index is 0.327. The van der Waals surface area contributed by atoms with Crippen molar-refractivity contribution in [1.82, 2.24) is 15.1 Å². The molecule has 4 nitrogen and oxygen atoms in total. The minimum Gasteiger partial charge on any atom is -0.382 e. The Morgan fingerprint density at radius 3 is 2.67 bits per heavy atom. The summed E-state index contributed by atoms with van der Waals surface area (Å²) in [5.74, 6) is 0. The van der Waals surface area contributed by atoms with Crippen LogP contribution in [-0.2, 0) is 11.2 Å². The first-order valence-corrected chi connectivity index (χ1v) is 8.40. The van der Waals surface area contributed by atoms with Gasteiger partial charge >= 0.3 is 0 Å². The number of methoxy groups -OCH3 is 1. The molecule has 1 aromatic rings. The van der Waals surface area contributed by atoms with Crippen LogP contribution in [0.2, 0.25) is 0 Å². The Hall–Kier alpha value is -0.870. The SMILES string of the molecule is CCCNC(CCC(C)OC)Cc1ccn(C(C)CC)n1. The summed E-state index contributed by atoms with van der Waals surface area (Å²) in [6.45, 7) is 9.82. The third-order valence-electron chi connectivity index (χ3n) is 4.17. The summed E-state index contributed by atoms with van der Waals surface area (Å²) in [6, 6.07) is 3.13. The Bertz CT molecular complexity index is 378. The second-order valence-corrected chi connectivity index (χ2v) is 6.02. The number of nitrogens with one attached hydrogen (secondary N) is 1. The lowest BCUT2D eigenvalue weighted by molar-refractivity contribution is 0.106. The van der Waals surface area contributed by atoms with E-state index in [1.807, 2.05) is 0 Å². The Balaban J connectivity index is 2.56. The van der Waals surface area contributed by atoms with Gasteiger partial charge in [0.25, 0.3) is 0 Å². The van der Waals surface area contributed by atoms with Crippen LogP contribution < -0.4 is 5.32 Å². The predicted molar refractivity (Wildman–Crippen MR) is 88.7 cm³/mol. The van der Waals surface area contributed by atoms with Crippen molar-refractivity contribution in [3.8, 4) is 0 Å². The van der Waals surface area contributed by atoms with Crippen molar-refractivity contribution >= 4 is 0 Å². The van der Waals surface area contributed by atoms with Gasteiger partial charge in [-0.2, -0.15) is 5.10 Å². The number of nitrogens with zero attached hydrogens (tertiary/aromatic N) is 2. The van der Waals surface area contributed by atoms with E-state index in [0.29, 0.717) is 18.2 Å². The molecule has 0 aromatic carbocycles. The van der Waals surface area contributed by atoms with Crippen LogP contribution in [0.15, 0.2) is 12.3 Å². The third kappa shape index (κ3) is 6.62. The smallest absolute Gasteiger partial charge is 0.0640 e. The number of rotatable bonds is 11. The Labute approximate surface area is 130 Å². The predicted octanol–water partition coefficient (Wildman–Crippen LogP) is 3.58. The van der Waals surface area contributed by atoms with Crippen molar-refractivity contribution in [2.75, 3.05) is 13.7 Å². The maximum atomic E-state index is 5.36. The molecule has 0 bridgehead atoms. The molecular weight excluding hydrogens is 262 g/mol. The molecule has 122 valence electrons. The van der Waals surface area contributed by atoms with Crippen LogP contribution in [0.25, 0.3) is 0 Å². The molecule has 0 aliphatic carbocycles. The quantitative estimate of drug-likeness (QED) is 0.678. The summed E-state index contributed by atoms with van der Waals surface area (Å²) in [5.41, 5.74) is 1.19. The zero-order valence-corrected chi connectivity index (χ0v) is 14.4. The fourth-order valence-electron chi connectivity index (χ4n) is 2.35. The molecule has 3 unspecified atom stereocenters. The zero-order chi connectivity index (χ0) is 15.7. The van der Waals surface area contributed by atoms with E-state index in [4.69, 9.17) is 9.84 Å². The van der Waals surface area contributed by atoms with Crippen molar-refractivity contribution in [3.05, 3.63) is 18.0 Å². The molecule has 21 heavy (non-hydrogen) atoms. The van der Waals surface area contributed by atoms with E-state index in [9.17, 15) is 0 Å². The van der Waals surface area contributed by atoms with Gasteiger partial charge in [0.2, 0.25) is 0 Å². The van der Waals surface area contributed by atoms with E-state index in [1.165, 1.54) is 5.69 Å². The van der Waals surface area contributed by atoms with Crippen LogP contribution in [0.3, 0.4) is 0 Å². The first-order chi connectivity index (χ1) is 10.1. The number of ether oxygens (including phenoxy) is 1. The first-order valence-electron chi connectivity index (χ1n) is 8.40. The molecule has 0 radical (unpaired) electrons. The highest BCUT2D eigenvalue weighted by Crippen LogP contribution is 2.13. The minimum atomic E-state index is 0.327. The highest BCUT2D eigenvalue weighted by Gasteiger charge is 2.13. The van der Waals surface area contributed by atoms with E-state index >= 15 is 0 Å². The lowest BCUT2D eigenvalue weighted by atomic mass is 10.0. The second-order valence-electron chi connectivity index (χ2n) is 6.02. The third-order valence-corrected chi connectivity index (χ3v) is 4.17. The van der Waals surface area contributed by atoms with Gasteiger partial charge in [0.05, 0.1) is 11.8 Å². The van der Waals surface area contributed by atoms with Gasteiger partial charge in [-0.05, 0) is 52.1 Å².